The predicted octanol–water partition coefficient (Wildman–Crippen LogP) is 0.588. The number of hydrogen-bond acceptors (Lipinski definition) is 3. The first-order valence-electron chi connectivity index (χ1n) is 6.90. The molecule has 18 heavy (non-hydrogen) atoms. The van der Waals surface area contributed by atoms with Gasteiger partial charge in [0.05, 0.1) is 6.54 Å². The maximum atomic E-state index is 11.8. The number of rotatable bonds is 4. The molecule has 0 spiro atoms. The first-order valence-corrected chi connectivity index (χ1v) is 6.90. The number of ether oxygens (including phenoxy) is 1. The van der Waals surface area contributed by atoms with Crippen molar-refractivity contribution in [3.05, 3.63) is 0 Å². The third-order valence-electron chi connectivity index (χ3n) is 3.74. The summed E-state index contributed by atoms with van der Waals surface area (Å²) in [5.41, 5.74) is 0. The fourth-order valence-corrected chi connectivity index (χ4v) is 2.62. The number of carbonyl (C=O) groups is 2. The van der Waals surface area contributed by atoms with Gasteiger partial charge in [-0.05, 0) is 25.7 Å². The highest BCUT2D eigenvalue weighted by molar-refractivity contribution is 5.85. The summed E-state index contributed by atoms with van der Waals surface area (Å²) in [6.45, 7) is 1.39. The largest absolute Gasteiger partial charge is 0.381 e. The lowest BCUT2D eigenvalue weighted by molar-refractivity contribution is -0.130. The second-order valence-electron chi connectivity index (χ2n) is 5.15. The molecule has 2 aliphatic rings. The quantitative estimate of drug-likeness (QED) is 0.771. The van der Waals surface area contributed by atoms with Gasteiger partial charge in [0.2, 0.25) is 11.8 Å². The lowest BCUT2D eigenvalue weighted by atomic mass is 9.99. The van der Waals surface area contributed by atoms with Crippen LogP contribution < -0.4 is 10.6 Å². The van der Waals surface area contributed by atoms with Crippen LogP contribution in [0.3, 0.4) is 0 Å². The first-order chi connectivity index (χ1) is 8.75. The summed E-state index contributed by atoms with van der Waals surface area (Å²) in [5, 5.41) is 5.68. The minimum absolute atomic E-state index is 0.0121. The van der Waals surface area contributed by atoms with Crippen molar-refractivity contribution in [2.75, 3.05) is 19.8 Å². The lowest BCUT2D eigenvalue weighted by Crippen LogP contribution is -2.43. The van der Waals surface area contributed by atoms with Crippen molar-refractivity contribution >= 4 is 11.8 Å². The van der Waals surface area contributed by atoms with Crippen LogP contribution in [0.2, 0.25) is 0 Å². The van der Waals surface area contributed by atoms with Crippen LogP contribution in [-0.4, -0.2) is 37.6 Å². The molecule has 0 aromatic heterocycles. The molecular weight excluding hydrogens is 232 g/mol. The average Bonchev–Trinajstić information content (AvgIpc) is 2.90. The van der Waals surface area contributed by atoms with Crippen LogP contribution in [0.5, 0.6) is 0 Å². The van der Waals surface area contributed by atoms with Gasteiger partial charge in [-0.1, -0.05) is 12.8 Å². The maximum absolute atomic E-state index is 11.8. The molecule has 1 heterocycles. The molecule has 0 radical (unpaired) electrons. The van der Waals surface area contributed by atoms with E-state index in [2.05, 4.69) is 10.6 Å². The molecule has 0 unspecified atom stereocenters. The van der Waals surface area contributed by atoms with Crippen LogP contribution in [-0.2, 0) is 14.3 Å². The van der Waals surface area contributed by atoms with E-state index < -0.39 is 0 Å². The molecule has 0 aromatic carbocycles. The van der Waals surface area contributed by atoms with Gasteiger partial charge in [-0.2, -0.15) is 0 Å². The van der Waals surface area contributed by atoms with Crippen LogP contribution in [0.25, 0.3) is 0 Å². The fraction of sp³-hybridized carbons (Fsp3) is 0.846. The Kier molecular flexibility index (Phi) is 4.99. The molecule has 0 atom stereocenters. The molecule has 1 saturated carbocycles. The Bertz CT molecular complexity index is 295. The van der Waals surface area contributed by atoms with Crippen LogP contribution >= 0.6 is 0 Å². The Balaban J connectivity index is 1.63. The van der Waals surface area contributed by atoms with Gasteiger partial charge in [-0.15, -0.1) is 0 Å². The Morgan fingerprint density at radius 1 is 1.06 bits per heavy atom. The molecule has 5 heteroatoms. The molecule has 2 rings (SSSR count). The topological polar surface area (TPSA) is 67.4 Å². The van der Waals surface area contributed by atoms with Gasteiger partial charge < -0.3 is 15.4 Å². The molecule has 2 fully saturated rings. The molecule has 1 aliphatic carbocycles. The third-order valence-corrected chi connectivity index (χ3v) is 3.74. The molecular formula is C13H22N2O3. The average molecular weight is 254 g/mol. The van der Waals surface area contributed by atoms with Crippen molar-refractivity contribution < 1.29 is 14.3 Å². The van der Waals surface area contributed by atoms with Crippen LogP contribution in [0.1, 0.15) is 38.5 Å². The van der Waals surface area contributed by atoms with E-state index in [4.69, 9.17) is 4.74 Å². The van der Waals surface area contributed by atoms with Gasteiger partial charge in [-0.25, -0.2) is 0 Å². The minimum Gasteiger partial charge on any atom is -0.381 e. The van der Waals surface area contributed by atoms with E-state index in [1.54, 1.807) is 0 Å². The van der Waals surface area contributed by atoms with Gasteiger partial charge in [0.25, 0.3) is 0 Å². The smallest absolute Gasteiger partial charge is 0.239 e. The predicted molar refractivity (Wildman–Crippen MR) is 67.0 cm³/mol. The van der Waals surface area contributed by atoms with E-state index in [1.165, 1.54) is 12.8 Å². The highest BCUT2D eigenvalue weighted by atomic mass is 16.5. The fourth-order valence-electron chi connectivity index (χ4n) is 2.62. The normalized spacial score (nSPS) is 21.8. The number of carbonyl (C=O) groups excluding carboxylic acids is 2. The summed E-state index contributed by atoms with van der Waals surface area (Å²) in [6, 6.07) is 0.317. The molecule has 2 amide bonds. The zero-order valence-corrected chi connectivity index (χ0v) is 10.7. The van der Waals surface area contributed by atoms with Crippen molar-refractivity contribution in [2.24, 2.45) is 5.92 Å². The molecule has 1 aliphatic heterocycles. The standard InChI is InChI=1S/C13H22N2O3/c16-12(15-11-3-1-2-4-11)9-14-13(17)10-5-7-18-8-6-10/h10-11H,1-9H2,(H,14,17)(H,15,16). The molecule has 5 nitrogen and oxygen atoms in total. The zero-order valence-electron chi connectivity index (χ0n) is 10.7. The summed E-state index contributed by atoms with van der Waals surface area (Å²) in [6.07, 6.45) is 6.05. The van der Waals surface area contributed by atoms with E-state index in [0.717, 1.165) is 25.7 Å². The van der Waals surface area contributed by atoms with Crippen molar-refractivity contribution in [3.63, 3.8) is 0 Å². The maximum Gasteiger partial charge on any atom is 0.239 e. The second-order valence-corrected chi connectivity index (χ2v) is 5.15. The molecule has 102 valence electrons. The summed E-state index contributed by atoms with van der Waals surface area (Å²) in [5.74, 6) is -0.0692. The van der Waals surface area contributed by atoms with E-state index in [1.807, 2.05) is 0 Å². The van der Waals surface area contributed by atoms with E-state index in [-0.39, 0.29) is 24.3 Å². The van der Waals surface area contributed by atoms with Gasteiger partial charge in [0.15, 0.2) is 0 Å². The Morgan fingerprint density at radius 2 is 1.72 bits per heavy atom. The highest BCUT2D eigenvalue weighted by Crippen LogP contribution is 2.17. The van der Waals surface area contributed by atoms with Crippen molar-refractivity contribution in [2.45, 2.75) is 44.6 Å². The number of hydrogen-bond donors (Lipinski definition) is 2. The summed E-state index contributed by atoms with van der Waals surface area (Å²) >= 11 is 0. The first kappa shape index (κ1) is 13.3. The molecule has 0 bridgehead atoms. The zero-order chi connectivity index (χ0) is 12.8. The van der Waals surface area contributed by atoms with Crippen molar-refractivity contribution in [1.29, 1.82) is 0 Å². The van der Waals surface area contributed by atoms with E-state index in [9.17, 15) is 9.59 Å². The SMILES string of the molecule is O=C(CNC(=O)C1CCOCC1)NC1CCCC1. The van der Waals surface area contributed by atoms with E-state index >= 15 is 0 Å². The summed E-state index contributed by atoms with van der Waals surface area (Å²) < 4.78 is 5.20. The Morgan fingerprint density at radius 3 is 2.39 bits per heavy atom. The van der Waals surface area contributed by atoms with Crippen molar-refractivity contribution in [1.82, 2.24) is 10.6 Å². The second kappa shape index (κ2) is 6.73. The van der Waals surface area contributed by atoms with Gasteiger partial charge in [0, 0.05) is 25.2 Å². The monoisotopic (exact) mass is 254 g/mol. The van der Waals surface area contributed by atoms with Crippen LogP contribution in [0, 0.1) is 5.92 Å². The van der Waals surface area contributed by atoms with Crippen LogP contribution in [0.15, 0.2) is 0 Å². The van der Waals surface area contributed by atoms with Crippen LogP contribution in [0.4, 0.5) is 0 Å². The molecule has 1 saturated heterocycles. The number of amides is 2. The summed E-state index contributed by atoms with van der Waals surface area (Å²) in [7, 11) is 0. The molecule has 2 N–H and O–H groups in total. The van der Waals surface area contributed by atoms with Gasteiger partial charge >= 0.3 is 0 Å². The molecule has 0 aromatic rings. The van der Waals surface area contributed by atoms with E-state index in [0.29, 0.717) is 19.3 Å². The number of nitrogens with one attached hydrogen (secondary N) is 2. The Hall–Kier alpha value is -1.10. The third kappa shape index (κ3) is 3.98. The summed E-state index contributed by atoms with van der Waals surface area (Å²) in [4.78, 5) is 23.4. The van der Waals surface area contributed by atoms with Crippen molar-refractivity contribution in [3.8, 4) is 0 Å². The minimum atomic E-state index is -0.0673. The van der Waals surface area contributed by atoms with Gasteiger partial charge in [-0.3, -0.25) is 9.59 Å². The highest BCUT2D eigenvalue weighted by Gasteiger charge is 2.22. The van der Waals surface area contributed by atoms with Gasteiger partial charge in [0.1, 0.15) is 0 Å². The lowest BCUT2D eigenvalue weighted by Gasteiger charge is -2.21. The Labute approximate surface area is 108 Å².